The number of piperidine rings is 2. The first-order valence-electron chi connectivity index (χ1n) is 9.77. The van der Waals surface area contributed by atoms with E-state index in [0.29, 0.717) is 18.9 Å². The number of carbonyl (C=O) groups is 2. The van der Waals surface area contributed by atoms with Gasteiger partial charge in [-0.2, -0.15) is 0 Å². The molecule has 0 spiro atoms. The quantitative estimate of drug-likeness (QED) is 0.628. The van der Waals surface area contributed by atoms with E-state index in [1.165, 1.54) is 19.3 Å². The normalized spacial score (nSPS) is 23.2. The van der Waals surface area contributed by atoms with E-state index in [4.69, 9.17) is 11.5 Å². The number of hydrogen-bond acceptors (Lipinski definition) is 3. The van der Waals surface area contributed by atoms with Gasteiger partial charge in [-0.25, -0.2) is 0 Å². The molecule has 2 atom stereocenters. The van der Waals surface area contributed by atoms with Crippen molar-refractivity contribution in [3.05, 3.63) is 0 Å². The lowest BCUT2D eigenvalue weighted by molar-refractivity contribution is -0.139. The zero-order chi connectivity index (χ0) is 18.1. The van der Waals surface area contributed by atoms with Crippen molar-refractivity contribution in [1.29, 1.82) is 0 Å². The minimum atomic E-state index is -0.852. The van der Waals surface area contributed by atoms with E-state index in [1.807, 2.05) is 4.90 Å². The Hall–Kier alpha value is -1.54. The van der Waals surface area contributed by atoms with Crippen LogP contribution in [0.15, 0.2) is 0 Å². The van der Waals surface area contributed by atoms with Crippen molar-refractivity contribution >= 4 is 11.9 Å². The molecular formula is C20H32N2O3. The SMILES string of the molecule is C#CC(CCCN1CCC[C@@H](CCC2CCNCC2)C1=O)CC(=O)O. The minimum Gasteiger partial charge on any atom is -0.481 e. The Balaban J connectivity index is 1.71. The van der Waals surface area contributed by atoms with Gasteiger partial charge >= 0.3 is 5.97 Å². The van der Waals surface area contributed by atoms with Gasteiger partial charge in [-0.1, -0.05) is 0 Å². The summed E-state index contributed by atoms with van der Waals surface area (Å²) in [5.41, 5.74) is 0. The van der Waals surface area contributed by atoms with Crippen LogP contribution in [-0.2, 0) is 9.59 Å². The number of rotatable bonds is 9. The first-order chi connectivity index (χ1) is 12.1. The van der Waals surface area contributed by atoms with Gasteiger partial charge in [0, 0.05) is 24.9 Å². The number of terminal acetylenes is 1. The molecule has 2 heterocycles. The lowest BCUT2D eigenvalue weighted by Crippen LogP contribution is -2.42. The summed E-state index contributed by atoms with van der Waals surface area (Å²) in [6.45, 7) is 3.77. The fourth-order valence-electron chi connectivity index (χ4n) is 4.10. The largest absolute Gasteiger partial charge is 0.481 e. The van der Waals surface area contributed by atoms with E-state index in [0.717, 1.165) is 51.2 Å². The third-order valence-electron chi connectivity index (χ3n) is 5.66. The molecule has 5 heteroatoms. The van der Waals surface area contributed by atoms with E-state index in [1.54, 1.807) is 0 Å². The molecule has 0 saturated carbocycles. The highest BCUT2D eigenvalue weighted by atomic mass is 16.4. The number of likely N-dealkylation sites (tertiary alicyclic amines) is 1. The summed E-state index contributed by atoms with van der Waals surface area (Å²) in [6, 6.07) is 0. The van der Waals surface area contributed by atoms with Crippen molar-refractivity contribution in [3.63, 3.8) is 0 Å². The molecule has 0 aliphatic carbocycles. The molecule has 0 aromatic carbocycles. The smallest absolute Gasteiger partial charge is 0.304 e. The molecule has 2 aliphatic heterocycles. The summed E-state index contributed by atoms with van der Waals surface area (Å²) < 4.78 is 0. The molecule has 0 bridgehead atoms. The predicted molar refractivity (Wildman–Crippen MR) is 97.9 cm³/mol. The summed E-state index contributed by atoms with van der Waals surface area (Å²) >= 11 is 0. The van der Waals surface area contributed by atoms with Crippen LogP contribution in [0.2, 0.25) is 0 Å². The maximum absolute atomic E-state index is 12.7. The summed E-state index contributed by atoms with van der Waals surface area (Å²) in [6.07, 6.45) is 13.6. The number of carboxylic acids is 1. The van der Waals surface area contributed by atoms with Crippen molar-refractivity contribution < 1.29 is 14.7 Å². The molecule has 0 aromatic rings. The lowest BCUT2D eigenvalue weighted by atomic mass is 9.85. The second kappa shape index (κ2) is 10.5. The Bertz CT molecular complexity index is 480. The summed E-state index contributed by atoms with van der Waals surface area (Å²) in [5, 5.41) is 12.2. The molecule has 2 aliphatic rings. The topological polar surface area (TPSA) is 69.6 Å². The maximum Gasteiger partial charge on any atom is 0.304 e. The summed E-state index contributed by atoms with van der Waals surface area (Å²) in [4.78, 5) is 25.4. The third kappa shape index (κ3) is 6.70. The van der Waals surface area contributed by atoms with Crippen LogP contribution in [0.25, 0.3) is 0 Å². The molecule has 2 rings (SSSR count). The monoisotopic (exact) mass is 348 g/mol. The molecule has 5 nitrogen and oxygen atoms in total. The van der Waals surface area contributed by atoms with Gasteiger partial charge < -0.3 is 15.3 Å². The number of nitrogens with one attached hydrogen (secondary N) is 1. The van der Waals surface area contributed by atoms with Crippen LogP contribution in [0.1, 0.15) is 57.8 Å². The molecule has 1 unspecified atom stereocenters. The van der Waals surface area contributed by atoms with Crippen LogP contribution in [0, 0.1) is 30.1 Å². The fourth-order valence-corrected chi connectivity index (χ4v) is 4.10. The fraction of sp³-hybridized carbons (Fsp3) is 0.800. The molecule has 2 fully saturated rings. The summed E-state index contributed by atoms with van der Waals surface area (Å²) in [7, 11) is 0. The van der Waals surface area contributed by atoms with Crippen molar-refractivity contribution in [2.24, 2.45) is 17.8 Å². The van der Waals surface area contributed by atoms with Crippen molar-refractivity contribution in [1.82, 2.24) is 10.2 Å². The van der Waals surface area contributed by atoms with Crippen molar-refractivity contribution in [2.45, 2.75) is 57.8 Å². The van der Waals surface area contributed by atoms with Gasteiger partial charge in [-0.15, -0.1) is 12.3 Å². The van der Waals surface area contributed by atoms with E-state index in [2.05, 4.69) is 11.2 Å². The Morgan fingerprint density at radius 2 is 2.08 bits per heavy atom. The zero-order valence-corrected chi connectivity index (χ0v) is 15.2. The second-order valence-corrected chi connectivity index (χ2v) is 7.54. The highest BCUT2D eigenvalue weighted by Crippen LogP contribution is 2.27. The van der Waals surface area contributed by atoms with E-state index >= 15 is 0 Å². The first kappa shape index (κ1) is 19.8. The van der Waals surface area contributed by atoms with Crippen LogP contribution in [0.5, 0.6) is 0 Å². The van der Waals surface area contributed by atoms with Crippen LogP contribution in [-0.4, -0.2) is 48.1 Å². The first-order valence-corrected chi connectivity index (χ1v) is 9.77. The van der Waals surface area contributed by atoms with Crippen LogP contribution in [0.3, 0.4) is 0 Å². The van der Waals surface area contributed by atoms with Crippen molar-refractivity contribution in [3.8, 4) is 12.3 Å². The Morgan fingerprint density at radius 3 is 2.76 bits per heavy atom. The number of aliphatic carboxylic acids is 1. The van der Waals surface area contributed by atoms with E-state index in [-0.39, 0.29) is 18.3 Å². The van der Waals surface area contributed by atoms with Crippen LogP contribution >= 0.6 is 0 Å². The molecular weight excluding hydrogens is 316 g/mol. The number of hydrogen-bond donors (Lipinski definition) is 2. The van der Waals surface area contributed by atoms with Crippen LogP contribution < -0.4 is 5.32 Å². The highest BCUT2D eigenvalue weighted by Gasteiger charge is 2.29. The van der Waals surface area contributed by atoms with E-state index < -0.39 is 5.97 Å². The average Bonchev–Trinajstić information content (AvgIpc) is 2.61. The number of carbonyl (C=O) groups excluding carboxylic acids is 1. The second-order valence-electron chi connectivity index (χ2n) is 7.54. The Morgan fingerprint density at radius 1 is 1.32 bits per heavy atom. The molecule has 140 valence electrons. The Kier molecular flexibility index (Phi) is 8.27. The molecule has 1 amide bonds. The summed E-state index contributed by atoms with van der Waals surface area (Å²) in [5.74, 6) is 2.74. The van der Waals surface area contributed by atoms with Crippen LogP contribution in [0.4, 0.5) is 0 Å². The number of amides is 1. The van der Waals surface area contributed by atoms with Gasteiger partial charge in [0.1, 0.15) is 0 Å². The standard InChI is InChI=1S/C20H32N2O3/c1-2-16(15-19(23)24)5-3-13-22-14-4-6-18(20(22)25)8-7-17-9-11-21-12-10-17/h1,16-18,21H,3-15H2,(H,23,24)/t16?,18-/m0/s1. The van der Waals surface area contributed by atoms with Gasteiger partial charge in [0.25, 0.3) is 0 Å². The number of nitrogens with zero attached hydrogens (tertiary/aromatic N) is 1. The highest BCUT2D eigenvalue weighted by molar-refractivity contribution is 5.79. The average molecular weight is 348 g/mol. The van der Waals surface area contributed by atoms with Gasteiger partial charge in [-0.05, 0) is 70.4 Å². The molecule has 25 heavy (non-hydrogen) atoms. The van der Waals surface area contributed by atoms with Gasteiger partial charge in [0.05, 0.1) is 6.42 Å². The van der Waals surface area contributed by atoms with E-state index in [9.17, 15) is 9.59 Å². The van der Waals surface area contributed by atoms with Gasteiger partial charge in [0.2, 0.25) is 5.91 Å². The maximum atomic E-state index is 12.7. The molecule has 2 saturated heterocycles. The third-order valence-corrected chi connectivity index (χ3v) is 5.66. The Labute approximate surface area is 151 Å². The van der Waals surface area contributed by atoms with Crippen molar-refractivity contribution in [2.75, 3.05) is 26.2 Å². The zero-order valence-electron chi connectivity index (χ0n) is 15.2. The number of carboxylic acid groups (broad SMARTS) is 1. The molecule has 2 N–H and O–H groups in total. The molecule has 0 radical (unpaired) electrons. The molecule has 0 aromatic heterocycles. The minimum absolute atomic E-state index is 0.0172. The predicted octanol–water partition coefficient (Wildman–Crippen LogP) is 2.51. The van der Waals surface area contributed by atoms with Gasteiger partial charge in [-0.3, -0.25) is 9.59 Å². The van der Waals surface area contributed by atoms with Gasteiger partial charge in [0.15, 0.2) is 0 Å². The lowest BCUT2D eigenvalue weighted by Gasteiger charge is -2.33.